The number of nitrogens with zero attached hydrogens (tertiary/aromatic N) is 8. The van der Waals surface area contributed by atoms with E-state index in [2.05, 4.69) is 0 Å². The van der Waals surface area contributed by atoms with E-state index in [1.807, 2.05) is 97.1 Å². The molecule has 9 rings (SSSR count). The van der Waals surface area contributed by atoms with E-state index in [0.29, 0.717) is 45.9 Å². The molecule has 0 aliphatic carbocycles. The van der Waals surface area contributed by atoms with Gasteiger partial charge in [0.15, 0.2) is 11.6 Å². The van der Waals surface area contributed by atoms with Crippen molar-refractivity contribution >= 4 is 75.9 Å². The second-order valence-corrected chi connectivity index (χ2v) is 9.67. The first-order valence-corrected chi connectivity index (χ1v) is 17.3. The van der Waals surface area contributed by atoms with Gasteiger partial charge in [-0.05, 0) is 21.5 Å². The second kappa shape index (κ2) is 10.0. The van der Waals surface area contributed by atoms with Gasteiger partial charge in [0, 0.05) is 44.8 Å². The molecule has 7 aromatic rings. The Balaban J connectivity index is 0.00000131. The fourth-order valence-electron chi connectivity index (χ4n) is 5.46. The summed E-state index contributed by atoms with van der Waals surface area (Å²) in [7, 11) is 4.77. The summed E-state index contributed by atoms with van der Waals surface area (Å²) in [4.78, 5) is 39.3. The van der Waals surface area contributed by atoms with Crippen LogP contribution >= 0.6 is 8.58 Å². The maximum absolute atomic E-state index is 4.95. The number of rotatable bonds is 0. The molecule has 0 atom stereocenters. The largest absolute Gasteiger partial charge is 0.357 e. The molecule has 5 heterocycles. The number of aromatic nitrogens is 8. The summed E-state index contributed by atoms with van der Waals surface area (Å²) in [6.07, 6.45) is 0. The third-order valence-electron chi connectivity index (χ3n) is 7.33. The summed E-state index contributed by atoms with van der Waals surface area (Å²) in [6, 6.07) is 31.8. The minimum absolute atomic E-state index is 0.552. The smallest absolute Gasteiger partial charge is 0.163 e. The molecule has 2 aliphatic heterocycles. The predicted molar refractivity (Wildman–Crippen MR) is 166 cm³/mol. The Hall–Kier alpha value is -4.60. The Labute approximate surface area is 257 Å². The van der Waals surface area contributed by atoms with Crippen LogP contribution in [-0.2, 0) is 0 Å². The number of halogens is 1. The van der Waals surface area contributed by atoms with Gasteiger partial charge in [-0.2, -0.15) is 0 Å². The average Bonchev–Trinajstić information content (AvgIpc) is 3.78. The molecule has 8 bridgehead atoms. The van der Waals surface area contributed by atoms with Gasteiger partial charge in [0.25, 0.3) is 0 Å². The predicted octanol–water partition coefficient (Wildman–Crippen LogP) is 6.44. The van der Waals surface area contributed by atoms with Gasteiger partial charge in [0.2, 0.25) is 0 Å². The third-order valence-corrected chi connectivity index (χ3v) is 7.33. The van der Waals surface area contributed by atoms with Crippen molar-refractivity contribution in [3.8, 4) is 45.6 Å². The summed E-state index contributed by atoms with van der Waals surface area (Å²) < 4.78 is 0. The standard InChI is InChI=1S/C32H16N8.ClH.In/c1-2-10-18-17(9-1)25-33-26(18)38-28-21-13-5-6-14-22(21)30(35-28)40-32-24-16-8-7-15-23(24)31(36-32)39-29-20-12-4-3-11-19(20)27(34-29)37-25;;/h1-16H;1H;/q-2;;+1/p-1. The van der Waals surface area contributed by atoms with Crippen molar-refractivity contribution in [2.45, 2.75) is 0 Å². The molecule has 8 nitrogen and oxygen atoms in total. The van der Waals surface area contributed by atoms with E-state index in [1.54, 1.807) is 0 Å². The van der Waals surface area contributed by atoms with Crippen molar-refractivity contribution in [2.24, 2.45) is 0 Å². The Kier molecular flexibility index (Phi) is 6.01. The van der Waals surface area contributed by atoms with Crippen molar-refractivity contribution in [2.75, 3.05) is 0 Å². The van der Waals surface area contributed by atoms with Gasteiger partial charge < -0.3 is 24.9 Å². The van der Waals surface area contributed by atoms with Crippen LogP contribution in [-0.4, -0.2) is 53.1 Å². The van der Waals surface area contributed by atoms with Gasteiger partial charge >= 0.3 is 31.8 Å². The van der Waals surface area contributed by atoms with Crippen LogP contribution in [0.1, 0.15) is 0 Å². The van der Waals surface area contributed by atoms with Crippen molar-refractivity contribution in [1.29, 1.82) is 0 Å². The van der Waals surface area contributed by atoms with E-state index in [4.69, 9.17) is 48.4 Å². The minimum atomic E-state index is 0.552. The normalized spacial score (nSPS) is 11.5. The molecule has 0 spiro atoms. The van der Waals surface area contributed by atoms with E-state index in [1.165, 1.54) is 0 Å². The van der Waals surface area contributed by atoms with Crippen LogP contribution < -0.4 is 9.97 Å². The molecular formula is C32H16ClInN8-2. The zero-order chi connectivity index (χ0) is 28.2. The summed E-state index contributed by atoms with van der Waals surface area (Å²) in [5.74, 6) is 2.21. The fraction of sp³-hybridized carbons (Fsp3) is 0. The fourth-order valence-corrected chi connectivity index (χ4v) is 5.46. The molecule has 42 heavy (non-hydrogen) atoms. The van der Waals surface area contributed by atoms with E-state index in [9.17, 15) is 0 Å². The molecule has 0 fully saturated rings. The van der Waals surface area contributed by atoms with Gasteiger partial charge in [-0.25, -0.2) is 15.0 Å². The van der Waals surface area contributed by atoms with Crippen LogP contribution in [0.25, 0.3) is 89.7 Å². The first-order valence-electron chi connectivity index (χ1n) is 13.1. The topological polar surface area (TPSA) is 106 Å². The Morgan fingerprint density at radius 2 is 0.619 bits per heavy atom. The number of hydrogen-bond acceptors (Lipinski definition) is 6. The molecule has 0 N–H and O–H groups in total. The van der Waals surface area contributed by atoms with Crippen LogP contribution in [0.2, 0.25) is 0 Å². The van der Waals surface area contributed by atoms with Crippen LogP contribution in [0, 0.1) is 0 Å². The monoisotopic (exact) mass is 662 g/mol. The van der Waals surface area contributed by atoms with Crippen molar-refractivity contribution in [1.82, 2.24) is 39.9 Å². The zero-order valence-electron chi connectivity index (χ0n) is 21.8. The maximum Gasteiger partial charge on any atom is 0.163 e. The number of benzene rings is 4. The van der Waals surface area contributed by atoms with E-state index < -0.39 is 0 Å². The van der Waals surface area contributed by atoms with Crippen LogP contribution in [0.4, 0.5) is 0 Å². The molecule has 2 radical (unpaired) electrons. The maximum atomic E-state index is 4.95. The summed E-state index contributed by atoms with van der Waals surface area (Å²) in [5.41, 5.74) is 5.78. The SMILES string of the molecule is [Cl][In].c1ccc2c(c1)-c1nc3nc(nc4[n-]c(nc5[n-]c(nc-2n1)c1ccccc51)c1ccccc41)-c1ccccc1-3. The van der Waals surface area contributed by atoms with Gasteiger partial charge in [-0.1, -0.05) is 97.1 Å². The number of fused-ring (bicyclic) bond motifs is 20. The van der Waals surface area contributed by atoms with Gasteiger partial charge in [0.05, 0.1) is 11.6 Å². The molecule has 3 aromatic heterocycles. The molecule has 0 unspecified atom stereocenters. The third kappa shape index (κ3) is 3.92. The van der Waals surface area contributed by atoms with E-state index in [0.717, 1.165) is 67.0 Å². The van der Waals surface area contributed by atoms with Crippen molar-refractivity contribution in [3.05, 3.63) is 97.1 Å². The van der Waals surface area contributed by atoms with Crippen LogP contribution in [0.5, 0.6) is 0 Å². The molecular weight excluding hydrogens is 647 g/mol. The summed E-state index contributed by atoms with van der Waals surface area (Å²) in [5, 5.41) is 3.57. The van der Waals surface area contributed by atoms with E-state index >= 15 is 0 Å². The zero-order valence-corrected chi connectivity index (χ0v) is 25.8. The van der Waals surface area contributed by atoms with Gasteiger partial charge in [-0.3, -0.25) is 0 Å². The second-order valence-electron chi connectivity index (χ2n) is 9.67. The summed E-state index contributed by atoms with van der Waals surface area (Å²) >= 11 is 0.822. The van der Waals surface area contributed by atoms with Crippen LogP contribution in [0.15, 0.2) is 97.1 Å². The molecule has 4 aromatic carbocycles. The van der Waals surface area contributed by atoms with E-state index in [-0.39, 0.29) is 0 Å². The first-order chi connectivity index (χ1) is 20.8. The molecule has 0 saturated carbocycles. The molecule has 0 saturated heterocycles. The molecule has 2 aliphatic rings. The quantitative estimate of drug-likeness (QED) is 0.183. The Morgan fingerprint density at radius 1 is 0.357 bits per heavy atom. The van der Waals surface area contributed by atoms with Gasteiger partial charge in [0.1, 0.15) is 0 Å². The Bertz CT molecular complexity index is 2200. The molecule has 10 heteroatoms. The minimum Gasteiger partial charge on any atom is -0.357 e. The summed E-state index contributed by atoms with van der Waals surface area (Å²) in [6.45, 7) is 0. The van der Waals surface area contributed by atoms with Crippen molar-refractivity contribution < 1.29 is 0 Å². The molecule has 0 amide bonds. The van der Waals surface area contributed by atoms with Crippen molar-refractivity contribution in [3.63, 3.8) is 0 Å². The average molecular weight is 663 g/mol. The van der Waals surface area contributed by atoms with Gasteiger partial charge in [-0.15, -0.1) is 0 Å². The molecule has 196 valence electrons. The first kappa shape index (κ1) is 25.1. The Morgan fingerprint density at radius 3 is 0.952 bits per heavy atom. The van der Waals surface area contributed by atoms with Crippen LogP contribution in [0.3, 0.4) is 0 Å². The number of hydrogen-bond donors (Lipinski definition) is 0.